The first-order chi connectivity index (χ1) is 13.5. The first-order valence-electron chi connectivity index (χ1n) is 8.78. The van der Waals surface area contributed by atoms with E-state index in [1.54, 1.807) is 5.01 Å². The Labute approximate surface area is 178 Å². The highest BCUT2D eigenvalue weighted by Gasteiger charge is 2.46. The Morgan fingerprint density at radius 1 is 1.28 bits per heavy atom. The molecule has 5 nitrogen and oxygen atoms in total. The van der Waals surface area contributed by atoms with Gasteiger partial charge < -0.3 is 15.3 Å². The van der Waals surface area contributed by atoms with Gasteiger partial charge in [-0.25, -0.2) is 8.78 Å². The first-order valence-corrected chi connectivity index (χ1v) is 9.60. The molecular weight excluding hydrogens is 420 g/mol. The van der Waals surface area contributed by atoms with Crippen molar-refractivity contribution in [2.45, 2.75) is 17.4 Å². The number of rotatable bonds is 8. The second kappa shape index (κ2) is 10.2. The molecule has 0 aromatic heterocycles. The summed E-state index contributed by atoms with van der Waals surface area (Å²) in [6, 6.07) is 12.8. The Bertz CT molecular complexity index is 872. The maximum atomic E-state index is 14.4. The molecule has 0 radical (unpaired) electrons. The Hall–Kier alpha value is -2.00. The summed E-state index contributed by atoms with van der Waals surface area (Å²) in [5.74, 6) is -1.12. The van der Waals surface area contributed by atoms with E-state index in [2.05, 4.69) is 5.10 Å². The van der Waals surface area contributed by atoms with Gasteiger partial charge in [0.1, 0.15) is 27.7 Å². The maximum absolute atomic E-state index is 14.4. The number of hydrogen-bond donors (Lipinski definition) is 1. The molecule has 0 fully saturated rings. The third kappa shape index (κ3) is 4.78. The summed E-state index contributed by atoms with van der Waals surface area (Å²) in [7, 11) is 1.44. The van der Waals surface area contributed by atoms with Crippen LogP contribution in [0, 0.1) is 11.6 Å². The zero-order valence-electron chi connectivity index (χ0n) is 15.8. The number of hydrogen-bond acceptors (Lipinski definition) is 6. The SMILES string of the molecule is CO[C@H](C=O)CN1N=C(c2cc(F)ccc2F)SC1(CCN)c1ccccc1.Cl. The number of halogens is 3. The van der Waals surface area contributed by atoms with Gasteiger partial charge in [0, 0.05) is 12.7 Å². The van der Waals surface area contributed by atoms with Gasteiger partial charge in [0.2, 0.25) is 0 Å². The van der Waals surface area contributed by atoms with Crippen molar-refractivity contribution in [3.8, 4) is 0 Å². The van der Waals surface area contributed by atoms with Crippen LogP contribution in [-0.4, -0.2) is 42.6 Å². The molecule has 1 heterocycles. The number of aldehydes is 1. The van der Waals surface area contributed by atoms with Gasteiger partial charge in [-0.15, -0.1) is 12.4 Å². The molecule has 0 bridgehead atoms. The number of nitrogens with zero attached hydrogens (tertiary/aromatic N) is 2. The number of carbonyl (C=O) groups is 1. The molecule has 9 heteroatoms. The minimum atomic E-state index is -0.760. The third-order valence-corrected chi connectivity index (χ3v) is 6.05. The molecular formula is C20H22ClF2N3O2S. The summed E-state index contributed by atoms with van der Waals surface area (Å²) in [6.45, 7) is 0.494. The van der Waals surface area contributed by atoms with E-state index in [1.807, 2.05) is 30.3 Å². The van der Waals surface area contributed by atoms with Crippen molar-refractivity contribution in [2.24, 2.45) is 10.8 Å². The monoisotopic (exact) mass is 441 g/mol. The van der Waals surface area contributed by atoms with E-state index in [4.69, 9.17) is 10.5 Å². The summed E-state index contributed by atoms with van der Waals surface area (Å²) in [5.41, 5.74) is 6.88. The summed E-state index contributed by atoms with van der Waals surface area (Å²) in [5, 5.41) is 6.58. The number of carbonyl (C=O) groups excluding carboxylic acids is 1. The normalized spacial score (nSPS) is 19.4. The molecule has 2 atom stereocenters. The van der Waals surface area contributed by atoms with Crippen molar-refractivity contribution in [1.82, 2.24) is 5.01 Å². The van der Waals surface area contributed by atoms with E-state index in [0.717, 1.165) is 23.8 Å². The summed E-state index contributed by atoms with van der Waals surface area (Å²) >= 11 is 1.30. The van der Waals surface area contributed by atoms with E-state index in [0.29, 0.717) is 24.3 Å². The zero-order chi connectivity index (χ0) is 20.1. The molecule has 2 aromatic carbocycles. The lowest BCUT2D eigenvalue weighted by Gasteiger charge is -2.38. The first kappa shape index (κ1) is 23.3. The van der Waals surface area contributed by atoms with Crippen molar-refractivity contribution in [3.63, 3.8) is 0 Å². The topological polar surface area (TPSA) is 67.9 Å². The van der Waals surface area contributed by atoms with E-state index in [1.165, 1.54) is 18.9 Å². The molecule has 156 valence electrons. The minimum Gasteiger partial charge on any atom is -0.372 e. The van der Waals surface area contributed by atoms with Crippen LogP contribution in [0.3, 0.4) is 0 Å². The van der Waals surface area contributed by atoms with Gasteiger partial charge in [0.15, 0.2) is 6.29 Å². The van der Waals surface area contributed by atoms with Gasteiger partial charge in [0.05, 0.1) is 6.54 Å². The second-order valence-electron chi connectivity index (χ2n) is 6.31. The van der Waals surface area contributed by atoms with Crippen LogP contribution >= 0.6 is 24.2 Å². The Morgan fingerprint density at radius 3 is 2.62 bits per heavy atom. The van der Waals surface area contributed by atoms with Gasteiger partial charge in [-0.2, -0.15) is 5.10 Å². The van der Waals surface area contributed by atoms with Crippen LogP contribution in [-0.2, 0) is 14.4 Å². The standard InChI is InChI=1S/C20H21F2N3O2S.ClH/c1-27-16(13-26)12-25-20(9-10-23,14-5-3-2-4-6-14)28-19(24-25)17-11-15(21)7-8-18(17)22;/h2-8,11,13,16H,9-10,12,23H2,1H3;1H/t16-,20?;/m0./s1. The van der Waals surface area contributed by atoms with Crippen molar-refractivity contribution in [2.75, 3.05) is 20.2 Å². The van der Waals surface area contributed by atoms with E-state index >= 15 is 0 Å². The highest BCUT2D eigenvalue weighted by Crippen LogP contribution is 2.49. The van der Waals surface area contributed by atoms with Crippen LogP contribution in [0.4, 0.5) is 8.78 Å². The van der Waals surface area contributed by atoms with Crippen LogP contribution in [0.25, 0.3) is 0 Å². The van der Waals surface area contributed by atoms with E-state index < -0.39 is 22.6 Å². The van der Waals surface area contributed by atoms with Gasteiger partial charge in [0.25, 0.3) is 0 Å². The maximum Gasteiger partial charge on any atom is 0.150 e. The molecule has 0 saturated heterocycles. The molecule has 2 aromatic rings. The number of hydrazone groups is 1. The average molecular weight is 442 g/mol. The number of nitrogens with two attached hydrogens (primary N) is 1. The van der Waals surface area contributed by atoms with Crippen LogP contribution in [0.15, 0.2) is 53.6 Å². The quantitative estimate of drug-likeness (QED) is 0.635. The fourth-order valence-electron chi connectivity index (χ4n) is 3.15. The zero-order valence-corrected chi connectivity index (χ0v) is 17.4. The predicted octanol–water partition coefficient (Wildman–Crippen LogP) is 3.51. The average Bonchev–Trinajstić information content (AvgIpc) is 3.08. The van der Waals surface area contributed by atoms with Gasteiger partial charge in [-0.05, 0) is 36.7 Å². The van der Waals surface area contributed by atoms with Crippen molar-refractivity contribution >= 4 is 35.5 Å². The lowest BCUT2D eigenvalue weighted by atomic mass is 10.0. The van der Waals surface area contributed by atoms with Gasteiger partial charge >= 0.3 is 0 Å². The van der Waals surface area contributed by atoms with Crippen LogP contribution < -0.4 is 5.73 Å². The molecule has 0 aliphatic carbocycles. The van der Waals surface area contributed by atoms with E-state index in [9.17, 15) is 13.6 Å². The molecule has 0 amide bonds. The predicted molar refractivity (Wildman–Crippen MR) is 113 cm³/mol. The van der Waals surface area contributed by atoms with Crippen LogP contribution in [0.5, 0.6) is 0 Å². The molecule has 1 aliphatic heterocycles. The lowest BCUT2D eigenvalue weighted by molar-refractivity contribution is -0.118. The Kier molecular flexibility index (Phi) is 8.15. The number of thioether (sulfide) groups is 1. The molecule has 29 heavy (non-hydrogen) atoms. The van der Waals surface area contributed by atoms with E-state index in [-0.39, 0.29) is 24.5 Å². The molecule has 1 unspecified atom stereocenters. The fraction of sp³-hybridized carbons (Fsp3) is 0.300. The second-order valence-corrected chi connectivity index (χ2v) is 7.58. The van der Waals surface area contributed by atoms with Gasteiger partial charge in [-0.3, -0.25) is 5.01 Å². The highest BCUT2D eigenvalue weighted by molar-refractivity contribution is 8.15. The van der Waals surface area contributed by atoms with Crippen molar-refractivity contribution in [1.29, 1.82) is 0 Å². The van der Waals surface area contributed by atoms with Crippen molar-refractivity contribution in [3.05, 3.63) is 71.3 Å². The molecule has 3 rings (SSSR count). The number of benzene rings is 2. The molecule has 1 aliphatic rings. The Balaban J connectivity index is 0.00000300. The number of ether oxygens (including phenoxy) is 1. The molecule has 0 saturated carbocycles. The van der Waals surface area contributed by atoms with Gasteiger partial charge in [-0.1, -0.05) is 42.1 Å². The minimum absolute atomic E-state index is 0. The summed E-state index contributed by atoms with van der Waals surface area (Å²) in [6.07, 6.45) is 0.460. The third-order valence-electron chi connectivity index (χ3n) is 4.57. The van der Waals surface area contributed by atoms with Crippen molar-refractivity contribution < 1.29 is 18.3 Å². The largest absolute Gasteiger partial charge is 0.372 e. The summed E-state index contributed by atoms with van der Waals surface area (Å²) in [4.78, 5) is 10.6. The Morgan fingerprint density at radius 2 is 2.00 bits per heavy atom. The lowest BCUT2D eigenvalue weighted by Crippen LogP contribution is -2.43. The highest BCUT2D eigenvalue weighted by atomic mass is 35.5. The van der Waals surface area contributed by atoms with Crippen LogP contribution in [0.1, 0.15) is 17.5 Å². The summed E-state index contributed by atoms with van der Waals surface area (Å²) < 4.78 is 33.3. The number of methoxy groups -OCH3 is 1. The fourth-order valence-corrected chi connectivity index (χ4v) is 4.57. The van der Waals surface area contributed by atoms with Crippen LogP contribution in [0.2, 0.25) is 0 Å². The molecule has 2 N–H and O–H groups in total. The molecule has 0 spiro atoms. The smallest absolute Gasteiger partial charge is 0.150 e.